The smallest absolute Gasteiger partial charge is 0.0310 e. The molecule has 0 heterocycles. The first-order chi connectivity index (χ1) is 7.09. The van der Waals surface area contributed by atoms with Gasteiger partial charge in [0.15, 0.2) is 0 Å². The number of nitrogens with one attached hydrogen (secondary N) is 1. The van der Waals surface area contributed by atoms with E-state index in [1.165, 1.54) is 11.1 Å². The summed E-state index contributed by atoms with van der Waals surface area (Å²) >= 11 is 5.70. The number of hydrogen-bond donors (Lipinski definition) is 1. The lowest BCUT2D eigenvalue weighted by Crippen LogP contribution is -2.29. The number of aryl methyl sites for hydroxylation is 1. The molecule has 15 heavy (non-hydrogen) atoms. The van der Waals surface area contributed by atoms with Gasteiger partial charge in [0.2, 0.25) is 0 Å². The first kappa shape index (κ1) is 12.3. The zero-order valence-corrected chi connectivity index (χ0v) is 10.1. The minimum atomic E-state index is 0.418. The van der Waals surface area contributed by atoms with Crippen LogP contribution < -0.4 is 5.32 Å². The molecule has 82 valence electrons. The molecule has 2 heteroatoms. The lowest BCUT2D eigenvalue weighted by molar-refractivity contribution is 0.577. The van der Waals surface area contributed by atoms with Gasteiger partial charge < -0.3 is 5.32 Å². The van der Waals surface area contributed by atoms with Crippen molar-refractivity contribution < 1.29 is 0 Å². The van der Waals surface area contributed by atoms with Crippen molar-refractivity contribution >= 4 is 11.6 Å². The molecule has 0 amide bonds. The van der Waals surface area contributed by atoms with E-state index in [9.17, 15) is 0 Å². The van der Waals surface area contributed by atoms with Crippen molar-refractivity contribution in [3.63, 3.8) is 0 Å². The monoisotopic (exact) mass is 223 g/mol. The van der Waals surface area contributed by atoms with E-state index < -0.39 is 0 Å². The van der Waals surface area contributed by atoms with Crippen molar-refractivity contribution in [1.82, 2.24) is 5.32 Å². The first-order valence-corrected chi connectivity index (χ1v) is 5.58. The highest BCUT2D eigenvalue weighted by Crippen LogP contribution is 2.09. The molecule has 1 atom stereocenters. The summed E-state index contributed by atoms with van der Waals surface area (Å²) < 4.78 is 0. The molecule has 1 aromatic rings. The minimum absolute atomic E-state index is 0.418. The molecule has 1 unspecified atom stereocenters. The van der Waals surface area contributed by atoms with Crippen LogP contribution in [0.25, 0.3) is 0 Å². The molecule has 1 nitrogen and oxygen atoms in total. The zero-order valence-electron chi connectivity index (χ0n) is 9.39. The first-order valence-electron chi connectivity index (χ1n) is 5.20. The van der Waals surface area contributed by atoms with E-state index in [4.69, 9.17) is 11.6 Å². The van der Waals surface area contributed by atoms with E-state index in [1.807, 2.05) is 0 Å². The average Bonchev–Trinajstić information content (AvgIpc) is 2.18. The second-order valence-corrected chi connectivity index (χ2v) is 4.46. The summed E-state index contributed by atoms with van der Waals surface area (Å²) in [6.07, 6.45) is 1.02. The molecular weight excluding hydrogens is 206 g/mol. The van der Waals surface area contributed by atoms with Crippen LogP contribution in [0.1, 0.15) is 18.1 Å². The van der Waals surface area contributed by atoms with Crippen molar-refractivity contribution in [3.8, 4) is 0 Å². The largest absolute Gasteiger partial charge is 0.309 e. The van der Waals surface area contributed by atoms with Crippen LogP contribution >= 0.6 is 11.6 Å². The lowest BCUT2D eigenvalue weighted by atomic mass is 10.0. The zero-order chi connectivity index (χ0) is 11.3. The van der Waals surface area contributed by atoms with Gasteiger partial charge in [0, 0.05) is 17.6 Å². The van der Waals surface area contributed by atoms with Gasteiger partial charge in [0.25, 0.3) is 0 Å². The van der Waals surface area contributed by atoms with E-state index in [0.717, 1.165) is 6.42 Å². The Kier molecular flexibility index (Phi) is 4.86. The highest BCUT2D eigenvalue weighted by molar-refractivity contribution is 6.29. The fraction of sp³-hybridized carbons (Fsp3) is 0.385. The third-order valence-corrected chi connectivity index (χ3v) is 2.56. The van der Waals surface area contributed by atoms with Gasteiger partial charge in [-0.3, -0.25) is 0 Å². The average molecular weight is 224 g/mol. The van der Waals surface area contributed by atoms with Crippen molar-refractivity contribution in [3.05, 3.63) is 47.0 Å². The number of halogens is 1. The van der Waals surface area contributed by atoms with Gasteiger partial charge in [-0.1, -0.05) is 42.4 Å². The Morgan fingerprint density at radius 3 is 2.73 bits per heavy atom. The molecule has 0 spiro atoms. The highest BCUT2D eigenvalue weighted by atomic mass is 35.5. The van der Waals surface area contributed by atoms with E-state index in [2.05, 4.69) is 50.0 Å². The van der Waals surface area contributed by atoms with E-state index >= 15 is 0 Å². The van der Waals surface area contributed by atoms with Crippen LogP contribution in [0.5, 0.6) is 0 Å². The lowest BCUT2D eigenvalue weighted by Gasteiger charge is -2.14. The van der Waals surface area contributed by atoms with Gasteiger partial charge in [-0.25, -0.2) is 0 Å². The normalized spacial score (nSPS) is 12.5. The fourth-order valence-electron chi connectivity index (χ4n) is 1.53. The third kappa shape index (κ3) is 4.50. The number of benzene rings is 1. The Morgan fingerprint density at radius 1 is 1.47 bits per heavy atom. The topological polar surface area (TPSA) is 12.0 Å². The predicted molar refractivity (Wildman–Crippen MR) is 67.3 cm³/mol. The molecule has 1 rings (SSSR count). The van der Waals surface area contributed by atoms with Crippen LogP contribution in [-0.4, -0.2) is 12.6 Å². The Hall–Kier alpha value is -0.790. The third-order valence-electron chi connectivity index (χ3n) is 2.43. The maximum Gasteiger partial charge on any atom is 0.0310 e. The maximum atomic E-state index is 5.70. The van der Waals surface area contributed by atoms with Crippen LogP contribution in [-0.2, 0) is 6.42 Å². The van der Waals surface area contributed by atoms with Gasteiger partial charge in [-0.2, -0.15) is 0 Å². The second kappa shape index (κ2) is 5.94. The van der Waals surface area contributed by atoms with Gasteiger partial charge >= 0.3 is 0 Å². The van der Waals surface area contributed by atoms with Crippen LogP contribution in [0.3, 0.4) is 0 Å². The van der Waals surface area contributed by atoms with Crippen molar-refractivity contribution in [2.45, 2.75) is 26.3 Å². The van der Waals surface area contributed by atoms with Gasteiger partial charge in [-0.15, -0.1) is 0 Å². The maximum absolute atomic E-state index is 5.70. The van der Waals surface area contributed by atoms with Gasteiger partial charge in [-0.05, 0) is 31.4 Å². The second-order valence-electron chi connectivity index (χ2n) is 3.93. The number of rotatable bonds is 5. The molecule has 0 radical (unpaired) electrons. The quantitative estimate of drug-likeness (QED) is 0.808. The molecule has 0 aliphatic heterocycles. The molecule has 1 aromatic carbocycles. The van der Waals surface area contributed by atoms with Gasteiger partial charge in [0.05, 0.1) is 0 Å². The Morgan fingerprint density at radius 2 is 2.13 bits per heavy atom. The Bertz CT molecular complexity index is 333. The Labute approximate surface area is 97.1 Å². The van der Waals surface area contributed by atoms with Crippen molar-refractivity contribution in [2.24, 2.45) is 0 Å². The SMILES string of the molecule is C=C(Cl)CNC(C)Cc1ccccc1C. The van der Waals surface area contributed by atoms with Crippen LogP contribution in [0.15, 0.2) is 35.9 Å². The highest BCUT2D eigenvalue weighted by Gasteiger charge is 2.04. The summed E-state index contributed by atoms with van der Waals surface area (Å²) in [5.41, 5.74) is 2.73. The summed E-state index contributed by atoms with van der Waals surface area (Å²) in [7, 11) is 0. The molecular formula is C13H18ClN. The number of hydrogen-bond acceptors (Lipinski definition) is 1. The summed E-state index contributed by atoms with van der Waals surface area (Å²) in [6.45, 7) is 8.63. The molecule has 0 bridgehead atoms. The molecule has 0 aliphatic rings. The molecule has 0 saturated heterocycles. The molecule has 1 N–H and O–H groups in total. The van der Waals surface area contributed by atoms with Gasteiger partial charge in [0.1, 0.15) is 0 Å². The molecule has 0 saturated carbocycles. The van der Waals surface area contributed by atoms with E-state index in [-0.39, 0.29) is 0 Å². The summed E-state index contributed by atoms with van der Waals surface area (Å²) in [6, 6.07) is 8.88. The van der Waals surface area contributed by atoms with E-state index in [1.54, 1.807) is 0 Å². The summed E-state index contributed by atoms with van der Waals surface area (Å²) in [4.78, 5) is 0. The fourth-order valence-corrected chi connectivity index (χ4v) is 1.60. The Balaban J connectivity index is 2.47. The van der Waals surface area contributed by atoms with Crippen molar-refractivity contribution in [2.75, 3.05) is 6.54 Å². The predicted octanol–water partition coefficient (Wildman–Crippen LogP) is 3.27. The van der Waals surface area contributed by atoms with Crippen LogP contribution in [0.2, 0.25) is 0 Å². The van der Waals surface area contributed by atoms with Crippen LogP contribution in [0.4, 0.5) is 0 Å². The van der Waals surface area contributed by atoms with Crippen LogP contribution in [0, 0.1) is 6.92 Å². The minimum Gasteiger partial charge on any atom is -0.309 e. The molecule has 0 fully saturated rings. The van der Waals surface area contributed by atoms with Crippen molar-refractivity contribution in [1.29, 1.82) is 0 Å². The molecule has 0 aliphatic carbocycles. The summed E-state index contributed by atoms with van der Waals surface area (Å²) in [5, 5.41) is 3.99. The standard InChI is InChI=1S/C13H18ClN/c1-10-6-4-5-7-13(10)8-12(3)15-9-11(2)14/h4-7,12,15H,2,8-9H2,1,3H3. The molecule has 0 aromatic heterocycles. The van der Waals surface area contributed by atoms with E-state index in [0.29, 0.717) is 17.6 Å². The summed E-state index contributed by atoms with van der Waals surface area (Å²) in [5.74, 6) is 0.